The van der Waals surface area contributed by atoms with E-state index in [4.69, 9.17) is 10.5 Å². The Kier molecular flexibility index (Phi) is 3.72. The minimum absolute atomic E-state index is 0.272. The first kappa shape index (κ1) is 12.7. The number of hydrogen-bond acceptors (Lipinski definition) is 4. The van der Waals surface area contributed by atoms with Crippen LogP contribution in [0.15, 0.2) is 24.3 Å². The monoisotopic (exact) mass is 249 g/mol. The zero-order chi connectivity index (χ0) is 13.1. The first-order valence-corrected chi connectivity index (χ1v) is 5.99. The van der Waals surface area contributed by atoms with Crippen molar-refractivity contribution in [2.24, 2.45) is 0 Å². The second-order valence-electron chi connectivity index (χ2n) is 4.78. The van der Waals surface area contributed by atoms with E-state index in [-0.39, 0.29) is 18.7 Å². The second-order valence-corrected chi connectivity index (χ2v) is 4.78. The van der Waals surface area contributed by atoms with Gasteiger partial charge >= 0.3 is 6.09 Å². The Morgan fingerprint density at radius 2 is 2.06 bits per heavy atom. The molecular formula is C13H19N3O2. The van der Waals surface area contributed by atoms with E-state index in [1.165, 1.54) is 0 Å². The molecule has 0 aliphatic carbocycles. The number of anilines is 1. The van der Waals surface area contributed by atoms with Crippen molar-refractivity contribution < 1.29 is 9.53 Å². The molecule has 1 aromatic carbocycles. The summed E-state index contributed by atoms with van der Waals surface area (Å²) in [5, 5.41) is 0. The van der Waals surface area contributed by atoms with Crippen molar-refractivity contribution in [3.63, 3.8) is 0 Å². The maximum Gasteiger partial charge on any atom is 0.410 e. The predicted molar refractivity (Wildman–Crippen MR) is 70.1 cm³/mol. The molecule has 5 nitrogen and oxygen atoms in total. The van der Waals surface area contributed by atoms with Crippen molar-refractivity contribution in [2.75, 3.05) is 32.9 Å². The molecule has 1 aliphatic heterocycles. The fourth-order valence-electron chi connectivity index (χ4n) is 1.92. The summed E-state index contributed by atoms with van der Waals surface area (Å²) in [4.78, 5) is 15.6. The first-order valence-electron chi connectivity index (χ1n) is 5.99. The molecule has 5 heteroatoms. The Balaban J connectivity index is 1.79. The van der Waals surface area contributed by atoms with Crippen LogP contribution in [0.4, 0.5) is 10.5 Å². The molecule has 0 spiro atoms. The van der Waals surface area contributed by atoms with Crippen LogP contribution in [0.5, 0.6) is 0 Å². The molecule has 0 radical (unpaired) electrons. The SMILES string of the molecule is CN1CC(N(C)C(=O)OCc2ccc(N)cc2)C1. The van der Waals surface area contributed by atoms with E-state index in [2.05, 4.69) is 4.90 Å². The van der Waals surface area contributed by atoms with Crippen LogP contribution in [0.25, 0.3) is 0 Å². The molecule has 0 saturated carbocycles. The van der Waals surface area contributed by atoms with E-state index in [0.29, 0.717) is 5.69 Å². The lowest BCUT2D eigenvalue weighted by molar-refractivity contribution is 0.0439. The number of likely N-dealkylation sites (tertiary alicyclic amines) is 1. The Bertz CT molecular complexity index is 413. The highest BCUT2D eigenvalue weighted by Crippen LogP contribution is 2.13. The van der Waals surface area contributed by atoms with Gasteiger partial charge in [-0.05, 0) is 24.7 Å². The molecule has 1 amide bonds. The number of carbonyl (C=O) groups is 1. The molecule has 0 aromatic heterocycles. The average molecular weight is 249 g/mol. The van der Waals surface area contributed by atoms with Crippen molar-refractivity contribution >= 4 is 11.8 Å². The van der Waals surface area contributed by atoms with Crippen molar-refractivity contribution in [2.45, 2.75) is 12.6 Å². The zero-order valence-corrected chi connectivity index (χ0v) is 10.8. The van der Waals surface area contributed by atoms with Gasteiger partial charge in [0.1, 0.15) is 6.61 Å². The molecule has 0 unspecified atom stereocenters. The molecule has 1 saturated heterocycles. The normalized spacial score (nSPS) is 16.1. The summed E-state index contributed by atoms with van der Waals surface area (Å²) in [6, 6.07) is 7.59. The van der Waals surface area contributed by atoms with E-state index >= 15 is 0 Å². The minimum Gasteiger partial charge on any atom is -0.445 e. The molecule has 98 valence electrons. The maximum atomic E-state index is 11.8. The summed E-state index contributed by atoms with van der Waals surface area (Å²) in [6.07, 6.45) is -0.273. The summed E-state index contributed by atoms with van der Waals surface area (Å²) >= 11 is 0. The Hall–Kier alpha value is -1.75. The van der Waals surface area contributed by atoms with E-state index in [1.807, 2.05) is 19.2 Å². The van der Waals surface area contributed by atoms with E-state index in [9.17, 15) is 4.79 Å². The summed E-state index contributed by atoms with van der Waals surface area (Å²) in [7, 11) is 3.81. The molecule has 2 rings (SSSR count). The van der Waals surface area contributed by atoms with Crippen LogP contribution < -0.4 is 5.73 Å². The maximum absolute atomic E-state index is 11.8. The Morgan fingerprint density at radius 3 is 2.61 bits per heavy atom. The van der Waals surface area contributed by atoms with Gasteiger partial charge in [0.2, 0.25) is 0 Å². The smallest absolute Gasteiger partial charge is 0.410 e. The standard InChI is InChI=1S/C13H19N3O2/c1-15-7-12(8-15)16(2)13(17)18-9-10-3-5-11(14)6-4-10/h3-6,12H,7-9,14H2,1-2H3. The van der Waals surface area contributed by atoms with Crippen LogP contribution in [-0.4, -0.2) is 49.1 Å². The number of likely N-dealkylation sites (N-methyl/N-ethyl adjacent to an activating group) is 2. The number of carbonyl (C=O) groups excluding carboxylic acids is 1. The van der Waals surface area contributed by atoms with Gasteiger partial charge in [0.05, 0.1) is 6.04 Å². The molecular weight excluding hydrogens is 230 g/mol. The van der Waals surface area contributed by atoms with Crippen LogP contribution in [0.3, 0.4) is 0 Å². The summed E-state index contributed by atoms with van der Waals surface area (Å²) < 4.78 is 5.25. The zero-order valence-electron chi connectivity index (χ0n) is 10.8. The van der Waals surface area contributed by atoms with E-state index in [0.717, 1.165) is 18.7 Å². The second kappa shape index (κ2) is 5.27. The van der Waals surface area contributed by atoms with Crippen molar-refractivity contribution in [1.29, 1.82) is 0 Å². The van der Waals surface area contributed by atoms with Gasteiger partial charge in [-0.15, -0.1) is 0 Å². The third-order valence-corrected chi connectivity index (χ3v) is 3.22. The molecule has 1 aliphatic rings. The molecule has 0 bridgehead atoms. The fraction of sp³-hybridized carbons (Fsp3) is 0.462. The van der Waals surface area contributed by atoms with Crippen LogP contribution in [0.1, 0.15) is 5.56 Å². The summed E-state index contributed by atoms with van der Waals surface area (Å²) in [5.74, 6) is 0. The van der Waals surface area contributed by atoms with Crippen LogP contribution in [0.2, 0.25) is 0 Å². The third-order valence-electron chi connectivity index (χ3n) is 3.22. The van der Waals surface area contributed by atoms with Crippen LogP contribution in [-0.2, 0) is 11.3 Å². The number of nitrogens with two attached hydrogens (primary N) is 1. The largest absolute Gasteiger partial charge is 0.445 e. The summed E-state index contributed by atoms with van der Waals surface area (Å²) in [6.45, 7) is 2.10. The highest BCUT2D eigenvalue weighted by Gasteiger charge is 2.30. The Labute approximate surface area is 107 Å². The third kappa shape index (κ3) is 2.92. The number of hydrogen-bond donors (Lipinski definition) is 1. The number of nitrogens with zero attached hydrogens (tertiary/aromatic N) is 2. The van der Waals surface area contributed by atoms with Gasteiger partial charge in [-0.2, -0.15) is 0 Å². The van der Waals surface area contributed by atoms with Gasteiger partial charge in [-0.3, -0.25) is 0 Å². The van der Waals surface area contributed by atoms with E-state index < -0.39 is 0 Å². The number of ether oxygens (including phenoxy) is 1. The molecule has 18 heavy (non-hydrogen) atoms. The molecule has 2 N–H and O–H groups in total. The summed E-state index contributed by atoms with van der Waals surface area (Å²) in [5.41, 5.74) is 7.24. The molecule has 1 fully saturated rings. The lowest BCUT2D eigenvalue weighted by Crippen LogP contribution is -2.58. The van der Waals surface area contributed by atoms with Crippen LogP contribution >= 0.6 is 0 Å². The van der Waals surface area contributed by atoms with Crippen molar-refractivity contribution in [3.05, 3.63) is 29.8 Å². The van der Waals surface area contributed by atoms with Gasteiger partial charge in [0.25, 0.3) is 0 Å². The molecule has 1 heterocycles. The predicted octanol–water partition coefficient (Wildman–Crippen LogP) is 1.15. The Morgan fingerprint density at radius 1 is 1.44 bits per heavy atom. The topological polar surface area (TPSA) is 58.8 Å². The van der Waals surface area contributed by atoms with Gasteiger partial charge in [-0.1, -0.05) is 12.1 Å². The lowest BCUT2D eigenvalue weighted by Gasteiger charge is -2.41. The fourth-order valence-corrected chi connectivity index (χ4v) is 1.92. The van der Waals surface area contributed by atoms with Crippen molar-refractivity contribution in [3.8, 4) is 0 Å². The first-order chi connectivity index (χ1) is 8.56. The highest BCUT2D eigenvalue weighted by molar-refractivity contribution is 5.68. The highest BCUT2D eigenvalue weighted by atomic mass is 16.6. The van der Waals surface area contributed by atoms with Gasteiger partial charge in [-0.25, -0.2) is 4.79 Å². The van der Waals surface area contributed by atoms with Crippen molar-refractivity contribution in [1.82, 2.24) is 9.80 Å². The average Bonchev–Trinajstić information content (AvgIpc) is 2.33. The molecule has 0 atom stereocenters. The lowest BCUT2D eigenvalue weighted by atomic mass is 10.1. The minimum atomic E-state index is -0.273. The van der Waals surface area contributed by atoms with Crippen LogP contribution in [0, 0.1) is 0 Å². The van der Waals surface area contributed by atoms with Gasteiger partial charge in [0, 0.05) is 25.8 Å². The van der Waals surface area contributed by atoms with E-state index in [1.54, 1.807) is 24.1 Å². The number of benzene rings is 1. The number of nitrogen functional groups attached to an aromatic ring is 1. The molecule has 1 aromatic rings. The van der Waals surface area contributed by atoms with Gasteiger partial charge < -0.3 is 20.3 Å². The number of amides is 1. The quantitative estimate of drug-likeness (QED) is 0.816. The van der Waals surface area contributed by atoms with Gasteiger partial charge in [0.15, 0.2) is 0 Å². The number of rotatable bonds is 3.